The van der Waals surface area contributed by atoms with Gasteiger partial charge in [0.25, 0.3) is 0 Å². The second kappa shape index (κ2) is 8.99. The third-order valence-electron chi connectivity index (χ3n) is 0.880. The standard InChI is InChI=1S/C5H15NOP.Ca.ClH.2H/c1-6(2,3)4-5-7-8;;;;/h4-5,8H2,1-3H3;;1H;;/q+1;;;;. The second-order valence-electron chi connectivity index (χ2n) is 2.88. The predicted octanol–water partition coefficient (Wildman–Crippen LogP) is 0.00490. The Morgan fingerprint density at radius 3 is 1.80 bits per heavy atom. The maximum absolute atomic E-state index is 4.82. The summed E-state index contributed by atoms with van der Waals surface area (Å²) in [7, 11) is 8.68. The van der Waals surface area contributed by atoms with Gasteiger partial charge in [-0.25, -0.2) is 0 Å². The van der Waals surface area contributed by atoms with Crippen LogP contribution in [0.5, 0.6) is 0 Å². The van der Waals surface area contributed by atoms with Crippen LogP contribution in [0.15, 0.2) is 0 Å². The SMILES string of the molecule is C[N+](C)(C)CCOP.Cl.[CaH2]. The fraction of sp³-hybridized carbons (Fsp3) is 1.00. The normalized spacial score (nSPS) is 9.60. The molecule has 5 heteroatoms. The van der Waals surface area contributed by atoms with Gasteiger partial charge in [-0.3, -0.25) is 0 Å². The Labute approximate surface area is 102 Å². The first-order chi connectivity index (χ1) is 3.56. The molecule has 2 nitrogen and oxygen atoms in total. The van der Waals surface area contributed by atoms with Crippen molar-refractivity contribution < 1.29 is 9.01 Å². The van der Waals surface area contributed by atoms with Crippen molar-refractivity contribution in [2.75, 3.05) is 34.3 Å². The Morgan fingerprint density at radius 1 is 1.30 bits per heavy atom. The van der Waals surface area contributed by atoms with Gasteiger partial charge in [-0.2, -0.15) is 0 Å². The van der Waals surface area contributed by atoms with Crippen LogP contribution in [0.4, 0.5) is 0 Å². The van der Waals surface area contributed by atoms with E-state index in [1.807, 2.05) is 0 Å². The van der Waals surface area contributed by atoms with Gasteiger partial charge in [0.05, 0.1) is 27.7 Å². The van der Waals surface area contributed by atoms with Gasteiger partial charge in [-0.05, 0) is 0 Å². The van der Waals surface area contributed by atoms with Crippen LogP contribution in [0, 0.1) is 0 Å². The molecule has 0 aromatic heterocycles. The molecule has 0 bridgehead atoms. The molecule has 0 aliphatic carbocycles. The predicted molar refractivity (Wildman–Crippen MR) is 54.4 cm³/mol. The number of hydrogen-bond donors (Lipinski definition) is 0. The van der Waals surface area contributed by atoms with Crippen LogP contribution in [0.25, 0.3) is 0 Å². The number of likely N-dealkylation sites (N-methyl/N-ethyl adjacent to an activating group) is 1. The van der Waals surface area contributed by atoms with E-state index >= 15 is 0 Å². The van der Waals surface area contributed by atoms with Gasteiger partial charge in [0.1, 0.15) is 6.54 Å². The quantitative estimate of drug-likeness (QED) is 0.365. The first-order valence-electron chi connectivity index (χ1n) is 2.68. The molecule has 0 saturated heterocycles. The molecule has 0 radical (unpaired) electrons. The molecule has 0 fully saturated rings. The van der Waals surface area contributed by atoms with E-state index in [2.05, 4.69) is 30.6 Å². The van der Waals surface area contributed by atoms with Crippen molar-refractivity contribution in [1.82, 2.24) is 0 Å². The van der Waals surface area contributed by atoms with Gasteiger partial charge in [0.15, 0.2) is 0 Å². The zero-order chi connectivity index (χ0) is 6.62. The van der Waals surface area contributed by atoms with Crippen LogP contribution < -0.4 is 0 Å². The third kappa shape index (κ3) is 16.5. The van der Waals surface area contributed by atoms with Crippen molar-refractivity contribution in [1.29, 1.82) is 0 Å². The fourth-order valence-corrected chi connectivity index (χ4v) is 0.432. The summed E-state index contributed by atoms with van der Waals surface area (Å²) in [6, 6.07) is 0. The van der Waals surface area contributed by atoms with Gasteiger partial charge >= 0.3 is 37.7 Å². The Balaban J connectivity index is -0.000000245. The molecule has 0 aliphatic heterocycles. The topological polar surface area (TPSA) is 9.23 Å². The van der Waals surface area contributed by atoms with E-state index < -0.39 is 0 Å². The molecule has 0 amide bonds. The van der Waals surface area contributed by atoms with Crippen molar-refractivity contribution in [3.63, 3.8) is 0 Å². The maximum atomic E-state index is 4.82. The Hall–Kier alpha value is 1.90. The van der Waals surface area contributed by atoms with Gasteiger partial charge in [-0.1, -0.05) is 0 Å². The van der Waals surface area contributed by atoms with Crippen LogP contribution in [-0.2, 0) is 4.52 Å². The van der Waals surface area contributed by atoms with Gasteiger partial charge in [-0.15, -0.1) is 12.4 Å². The summed E-state index contributed by atoms with van der Waals surface area (Å²) in [5, 5.41) is 0. The molecule has 0 rings (SSSR count). The third-order valence-corrected chi connectivity index (χ3v) is 1.12. The van der Waals surface area contributed by atoms with E-state index in [1.165, 1.54) is 0 Å². The number of halogens is 1. The molecule has 0 saturated carbocycles. The first kappa shape index (κ1) is 17.8. The Kier molecular flexibility index (Phi) is 16.0. The van der Waals surface area contributed by atoms with Crippen molar-refractivity contribution in [3.05, 3.63) is 0 Å². The molecule has 0 aromatic rings. The van der Waals surface area contributed by atoms with E-state index in [-0.39, 0.29) is 50.1 Å². The zero-order valence-electron chi connectivity index (χ0n) is 6.26. The summed E-state index contributed by atoms with van der Waals surface area (Å²) in [6.45, 7) is 1.87. The number of quaternary nitrogens is 1. The van der Waals surface area contributed by atoms with Crippen LogP contribution >= 0.6 is 21.9 Å². The molecule has 0 aromatic carbocycles. The van der Waals surface area contributed by atoms with Crippen molar-refractivity contribution >= 4 is 59.6 Å². The molecule has 0 heterocycles. The molecule has 0 N–H and O–H groups in total. The van der Waals surface area contributed by atoms with E-state index in [1.54, 1.807) is 0 Å². The first-order valence-corrected chi connectivity index (χ1v) is 3.15. The van der Waals surface area contributed by atoms with Crippen LogP contribution in [0.2, 0.25) is 0 Å². The molecular weight excluding hydrogens is 197 g/mol. The summed E-state index contributed by atoms with van der Waals surface area (Å²) in [6.07, 6.45) is 0. The average Bonchev–Trinajstić information content (AvgIpc) is 1.59. The van der Waals surface area contributed by atoms with Crippen molar-refractivity contribution in [2.24, 2.45) is 0 Å². The minimum absolute atomic E-state index is 0. The van der Waals surface area contributed by atoms with E-state index in [4.69, 9.17) is 4.52 Å². The summed E-state index contributed by atoms with van der Waals surface area (Å²) in [4.78, 5) is 0. The molecule has 10 heavy (non-hydrogen) atoms. The van der Waals surface area contributed by atoms with Crippen LogP contribution in [0.3, 0.4) is 0 Å². The monoisotopic (exact) mass is 214 g/mol. The van der Waals surface area contributed by atoms with Crippen molar-refractivity contribution in [3.8, 4) is 0 Å². The van der Waals surface area contributed by atoms with Gasteiger partial charge in [0, 0.05) is 9.47 Å². The molecule has 1 atom stereocenters. The van der Waals surface area contributed by atoms with Gasteiger partial charge in [0.2, 0.25) is 0 Å². The number of rotatable bonds is 3. The van der Waals surface area contributed by atoms with Gasteiger partial charge < -0.3 is 9.01 Å². The molecule has 62 valence electrons. The summed E-state index contributed by atoms with van der Waals surface area (Å²) >= 11 is 0. The molecule has 0 aliphatic rings. The van der Waals surface area contributed by atoms with Crippen LogP contribution in [0.1, 0.15) is 0 Å². The van der Waals surface area contributed by atoms with E-state index in [9.17, 15) is 0 Å². The molecule has 1 unspecified atom stereocenters. The molecule has 0 spiro atoms. The Bertz CT molecular complexity index is 69.2. The van der Waals surface area contributed by atoms with Crippen molar-refractivity contribution in [2.45, 2.75) is 0 Å². The van der Waals surface area contributed by atoms with E-state index in [0.717, 1.165) is 17.6 Å². The summed E-state index contributed by atoms with van der Waals surface area (Å²) in [5.41, 5.74) is 0. The minimum atomic E-state index is 0. The molecular formula is C5H18CaClNOP+. The zero-order valence-corrected chi connectivity index (χ0v) is 8.23. The Morgan fingerprint density at radius 2 is 1.70 bits per heavy atom. The fourth-order valence-electron chi connectivity index (χ4n) is 0.327. The van der Waals surface area contributed by atoms with Crippen LogP contribution in [-0.4, -0.2) is 76.5 Å². The average molecular weight is 215 g/mol. The number of hydrogen-bond acceptors (Lipinski definition) is 1. The van der Waals surface area contributed by atoms with E-state index in [0.29, 0.717) is 0 Å². The number of nitrogens with zero attached hydrogens (tertiary/aromatic N) is 1. The summed E-state index contributed by atoms with van der Waals surface area (Å²) in [5.74, 6) is 0. The second-order valence-corrected chi connectivity index (χ2v) is 3.22. The summed E-state index contributed by atoms with van der Waals surface area (Å²) < 4.78 is 5.79.